The normalized spacial score (nSPS) is 18.3. The maximum Gasteiger partial charge on any atom is 0.229 e. The first kappa shape index (κ1) is 24.1. The van der Waals surface area contributed by atoms with Gasteiger partial charge in [0.05, 0.1) is 38.7 Å². The van der Waals surface area contributed by atoms with Crippen LogP contribution in [0.2, 0.25) is 0 Å². The lowest BCUT2D eigenvalue weighted by atomic mass is 9.86. The Labute approximate surface area is 190 Å². The summed E-state index contributed by atoms with van der Waals surface area (Å²) in [6, 6.07) is 6.20. The van der Waals surface area contributed by atoms with E-state index in [1.165, 1.54) is 19.3 Å². The molecule has 1 saturated carbocycles. The van der Waals surface area contributed by atoms with Gasteiger partial charge in [-0.2, -0.15) is 15.0 Å². The van der Waals surface area contributed by atoms with E-state index in [2.05, 4.69) is 42.8 Å². The smallest absolute Gasteiger partial charge is 0.229 e. The summed E-state index contributed by atoms with van der Waals surface area (Å²) in [5.74, 6) is 2.20. The van der Waals surface area contributed by atoms with Crippen LogP contribution in [0.15, 0.2) is 24.4 Å². The predicted molar refractivity (Wildman–Crippen MR) is 126 cm³/mol. The standard InChI is InChI=1S/C22H36N8O2/c1-17-6-2-3-8-19(17)27-22-29-20(25-11-13-32-15-14-31-12-9-23)28-21(30-22)26-16-18-7-4-5-10-24-18/h4-5,7,10,17,19H,2-3,6,8-9,11-16,23H2,1H3,(H3,25,26,27,28,29,30). The molecular weight excluding hydrogens is 408 g/mol. The Kier molecular flexibility index (Phi) is 10.4. The highest BCUT2D eigenvalue weighted by Crippen LogP contribution is 2.26. The van der Waals surface area contributed by atoms with Gasteiger partial charge in [-0.3, -0.25) is 4.98 Å². The monoisotopic (exact) mass is 444 g/mol. The van der Waals surface area contributed by atoms with E-state index in [0.717, 1.165) is 12.1 Å². The van der Waals surface area contributed by atoms with Gasteiger partial charge in [-0.15, -0.1) is 0 Å². The van der Waals surface area contributed by atoms with Crippen molar-refractivity contribution in [3.63, 3.8) is 0 Å². The second-order valence-corrected chi connectivity index (χ2v) is 7.93. The van der Waals surface area contributed by atoms with Crippen LogP contribution >= 0.6 is 0 Å². The van der Waals surface area contributed by atoms with Crippen LogP contribution in [-0.2, 0) is 16.0 Å². The fourth-order valence-corrected chi connectivity index (χ4v) is 3.61. The van der Waals surface area contributed by atoms with Gasteiger partial charge in [-0.05, 0) is 30.9 Å². The lowest BCUT2D eigenvalue weighted by Crippen LogP contribution is -2.31. The van der Waals surface area contributed by atoms with Gasteiger partial charge in [-0.1, -0.05) is 25.8 Å². The van der Waals surface area contributed by atoms with Gasteiger partial charge in [0.15, 0.2) is 0 Å². The fraction of sp³-hybridized carbons (Fsp3) is 0.636. The molecule has 2 aromatic heterocycles. The molecule has 1 fully saturated rings. The van der Waals surface area contributed by atoms with Crippen LogP contribution in [0.25, 0.3) is 0 Å². The van der Waals surface area contributed by atoms with Crippen LogP contribution in [0.4, 0.5) is 17.8 Å². The summed E-state index contributed by atoms with van der Waals surface area (Å²) < 4.78 is 10.9. The first-order chi connectivity index (χ1) is 15.7. The van der Waals surface area contributed by atoms with Gasteiger partial charge in [0, 0.05) is 25.3 Å². The average molecular weight is 445 g/mol. The average Bonchev–Trinajstić information content (AvgIpc) is 2.82. The van der Waals surface area contributed by atoms with Crippen LogP contribution in [0.5, 0.6) is 0 Å². The number of aromatic nitrogens is 4. The van der Waals surface area contributed by atoms with Crippen molar-refractivity contribution < 1.29 is 9.47 Å². The maximum atomic E-state index is 5.56. The molecule has 5 N–H and O–H groups in total. The number of anilines is 3. The lowest BCUT2D eigenvalue weighted by Gasteiger charge is -2.29. The topological polar surface area (TPSA) is 132 Å². The van der Waals surface area contributed by atoms with Crippen molar-refractivity contribution in [2.24, 2.45) is 11.7 Å². The zero-order valence-corrected chi connectivity index (χ0v) is 18.9. The molecule has 0 aromatic carbocycles. The highest BCUT2D eigenvalue weighted by atomic mass is 16.5. The van der Waals surface area contributed by atoms with Gasteiger partial charge in [0.2, 0.25) is 17.8 Å². The number of nitrogens with one attached hydrogen (secondary N) is 3. The maximum absolute atomic E-state index is 5.56. The Morgan fingerprint density at radius 2 is 1.69 bits per heavy atom. The second-order valence-electron chi connectivity index (χ2n) is 7.93. The van der Waals surface area contributed by atoms with E-state index >= 15 is 0 Å². The highest BCUT2D eigenvalue weighted by molar-refractivity contribution is 5.43. The van der Waals surface area contributed by atoms with Crippen molar-refractivity contribution in [2.75, 3.05) is 55.5 Å². The Bertz CT molecular complexity index is 780. The van der Waals surface area contributed by atoms with Crippen LogP contribution in [0.3, 0.4) is 0 Å². The molecule has 2 atom stereocenters. The zero-order chi connectivity index (χ0) is 22.4. The van der Waals surface area contributed by atoms with E-state index in [0.29, 0.717) is 75.9 Å². The van der Waals surface area contributed by atoms with Crippen LogP contribution < -0.4 is 21.7 Å². The summed E-state index contributed by atoms with van der Waals surface area (Å²) in [6.45, 7) is 6.07. The Morgan fingerprint density at radius 3 is 2.44 bits per heavy atom. The van der Waals surface area contributed by atoms with Gasteiger partial charge >= 0.3 is 0 Å². The van der Waals surface area contributed by atoms with E-state index in [1.807, 2.05) is 18.2 Å². The molecule has 10 heteroatoms. The van der Waals surface area contributed by atoms with E-state index < -0.39 is 0 Å². The van der Waals surface area contributed by atoms with Crippen molar-refractivity contribution in [3.05, 3.63) is 30.1 Å². The van der Waals surface area contributed by atoms with Crippen LogP contribution in [0, 0.1) is 5.92 Å². The Balaban J connectivity index is 1.56. The molecule has 2 aromatic rings. The summed E-state index contributed by atoms with van der Waals surface area (Å²) in [4.78, 5) is 18.0. The van der Waals surface area contributed by atoms with Crippen LogP contribution in [0.1, 0.15) is 38.3 Å². The second kappa shape index (κ2) is 13.8. The Morgan fingerprint density at radius 1 is 0.938 bits per heavy atom. The molecule has 0 amide bonds. The molecule has 0 bridgehead atoms. The number of hydrogen-bond donors (Lipinski definition) is 4. The summed E-state index contributed by atoms with van der Waals surface area (Å²) in [5.41, 5.74) is 6.31. The molecular formula is C22H36N8O2. The van der Waals surface area contributed by atoms with Gasteiger partial charge in [-0.25, -0.2) is 0 Å². The highest BCUT2D eigenvalue weighted by Gasteiger charge is 2.22. The molecule has 32 heavy (non-hydrogen) atoms. The summed E-state index contributed by atoms with van der Waals surface area (Å²) >= 11 is 0. The van der Waals surface area contributed by atoms with Gasteiger partial charge < -0.3 is 31.2 Å². The Hall–Kier alpha value is -2.56. The third-order valence-electron chi connectivity index (χ3n) is 5.38. The minimum Gasteiger partial charge on any atom is -0.378 e. The third kappa shape index (κ3) is 8.52. The molecule has 0 radical (unpaired) electrons. The summed E-state index contributed by atoms with van der Waals surface area (Å²) in [6.07, 6.45) is 6.65. The van der Waals surface area contributed by atoms with Crippen molar-refractivity contribution in [2.45, 2.75) is 45.2 Å². The van der Waals surface area contributed by atoms with E-state index in [4.69, 9.17) is 15.2 Å². The van der Waals surface area contributed by atoms with Crippen molar-refractivity contribution >= 4 is 17.8 Å². The molecule has 1 aliphatic rings. The first-order valence-corrected chi connectivity index (χ1v) is 11.5. The molecule has 2 unspecified atom stereocenters. The van der Waals surface area contributed by atoms with Gasteiger partial charge in [0.1, 0.15) is 0 Å². The minimum absolute atomic E-state index is 0.375. The molecule has 0 aliphatic heterocycles. The SMILES string of the molecule is CC1CCCCC1Nc1nc(NCCOCCOCCN)nc(NCc2ccccn2)n1. The lowest BCUT2D eigenvalue weighted by molar-refractivity contribution is 0.0547. The number of nitrogens with zero attached hydrogens (tertiary/aromatic N) is 4. The number of hydrogen-bond acceptors (Lipinski definition) is 10. The van der Waals surface area contributed by atoms with E-state index in [9.17, 15) is 0 Å². The molecule has 2 heterocycles. The van der Waals surface area contributed by atoms with E-state index in [-0.39, 0.29) is 0 Å². The quantitative estimate of drug-likeness (QED) is 0.322. The van der Waals surface area contributed by atoms with Crippen molar-refractivity contribution in [3.8, 4) is 0 Å². The molecule has 3 rings (SSSR count). The number of nitrogens with two attached hydrogens (primary N) is 1. The van der Waals surface area contributed by atoms with E-state index in [1.54, 1.807) is 6.20 Å². The molecule has 10 nitrogen and oxygen atoms in total. The number of pyridine rings is 1. The number of rotatable bonds is 14. The van der Waals surface area contributed by atoms with Crippen molar-refractivity contribution in [1.82, 2.24) is 19.9 Å². The largest absolute Gasteiger partial charge is 0.378 e. The molecule has 176 valence electrons. The molecule has 1 aliphatic carbocycles. The minimum atomic E-state index is 0.375. The number of ether oxygens (including phenoxy) is 2. The van der Waals surface area contributed by atoms with Gasteiger partial charge in [0.25, 0.3) is 0 Å². The van der Waals surface area contributed by atoms with Crippen molar-refractivity contribution in [1.29, 1.82) is 0 Å². The summed E-state index contributed by atoms with van der Waals surface area (Å²) in [5, 5.41) is 10.0. The van der Waals surface area contributed by atoms with Crippen LogP contribution in [-0.4, -0.2) is 65.5 Å². The predicted octanol–water partition coefficient (Wildman–Crippen LogP) is 2.27. The fourth-order valence-electron chi connectivity index (χ4n) is 3.61. The summed E-state index contributed by atoms with van der Waals surface area (Å²) in [7, 11) is 0. The third-order valence-corrected chi connectivity index (χ3v) is 5.38. The molecule has 0 spiro atoms. The first-order valence-electron chi connectivity index (χ1n) is 11.5. The molecule has 0 saturated heterocycles. The zero-order valence-electron chi connectivity index (χ0n) is 18.9.